The SMILES string of the molecule is CCc1cn[nH]c1NS(=O)(=O)c1ccc(N)c(OC)c1. The van der Waals surface area contributed by atoms with Crippen molar-refractivity contribution in [3.63, 3.8) is 0 Å². The van der Waals surface area contributed by atoms with Crippen molar-refractivity contribution in [1.82, 2.24) is 10.2 Å². The van der Waals surface area contributed by atoms with Crippen molar-refractivity contribution in [1.29, 1.82) is 0 Å². The first kappa shape index (κ1) is 14.2. The molecule has 0 atom stereocenters. The van der Waals surface area contributed by atoms with Crippen LogP contribution in [0.3, 0.4) is 0 Å². The van der Waals surface area contributed by atoms with Gasteiger partial charge in [0.25, 0.3) is 10.0 Å². The van der Waals surface area contributed by atoms with E-state index in [9.17, 15) is 8.42 Å². The maximum absolute atomic E-state index is 12.3. The number of rotatable bonds is 5. The van der Waals surface area contributed by atoms with E-state index < -0.39 is 10.0 Å². The number of H-pyrrole nitrogens is 1. The minimum Gasteiger partial charge on any atom is -0.495 e. The highest BCUT2D eigenvalue weighted by Gasteiger charge is 2.18. The Kier molecular flexibility index (Phi) is 3.84. The summed E-state index contributed by atoms with van der Waals surface area (Å²) in [6.45, 7) is 1.91. The van der Waals surface area contributed by atoms with Crippen LogP contribution in [0.1, 0.15) is 12.5 Å². The molecular formula is C12H16N4O3S. The van der Waals surface area contributed by atoms with Crippen LogP contribution in [-0.4, -0.2) is 25.7 Å². The second-order valence-corrected chi connectivity index (χ2v) is 5.82. The van der Waals surface area contributed by atoms with Gasteiger partial charge in [-0.1, -0.05) is 6.92 Å². The normalized spacial score (nSPS) is 11.3. The number of aryl methyl sites for hydroxylation is 1. The number of nitrogens with two attached hydrogens (primary N) is 1. The second kappa shape index (κ2) is 5.41. The van der Waals surface area contributed by atoms with Gasteiger partial charge >= 0.3 is 0 Å². The van der Waals surface area contributed by atoms with Gasteiger partial charge in [0.2, 0.25) is 0 Å². The summed E-state index contributed by atoms with van der Waals surface area (Å²) in [4.78, 5) is 0.0696. The number of benzene rings is 1. The fourth-order valence-electron chi connectivity index (χ4n) is 1.72. The zero-order valence-corrected chi connectivity index (χ0v) is 12.0. The number of aromatic amines is 1. The van der Waals surface area contributed by atoms with Crippen molar-refractivity contribution >= 4 is 21.5 Å². The molecule has 4 N–H and O–H groups in total. The van der Waals surface area contributed by atoms with Crippen molar-refractivity contribution in [3.05, 3.63) is 30.0 Å². The first-order chi connectivity index (χ1) is 9.47. The average molecular weight is 296 g/mol. The van der Waals surface area contributed by atoms with E-state index >= 15 is 0 Å². The van der Waals surface area contributed by atoms with Crippen LogP contribution in [-0.2, 0) is 16.4 Å². The number of anilines is 2. The molecule has 0 aliphatic carbocycles. The number of nitrogen functional groups attached to an aromatic ring is 1. The molecule has 7 nitrogen and oxygen atoms in total. The van der Waals surface area contributed by atoms with E-state index in [-0.39, 0.29) is 4.90 Å². The summed E-state index contributed by atoms with van der Waals surface area (Å²) < 4.78 is 32.1. The summed E-state index contributed by atoms with van der Waals surface area (Å²) in [5, 5.41) is 6.45. The summed E-state index contributed by atoms with van der Waals surface area (Å²) in [7, 11) is -2.29. The zero-order chi connectivity index (χ0) is 14.8. The third kappa shape index (κ3) is 2.69. The highest BCUT2D eigenvalue weighted by atomic mass is 32.2. The highest BCUT2D eigenvalue weighted by Crippen LogP contribution is 2.26. The van der Waals surface area contributed by atoms with E-state index in [0.717, 1.165) is 5.56 Å². The Morgan fingerprint density at radius 2 is 2.20 bits per heavy atom. The number of hydrogen-bond donors (Lipinski definition) is 3. The molecule has 0 aliphatic rings. The largest absolute Gasteiger partial charge is 0.495 e. The van der Waals surface area contributed by atoms with E-state index in [1.165, 1.54) is 25.3 Å². The lowest BCUT2D eigenvalue weighted by atomic mass is 10.3. The average Bonchev–Trinajstić information content (AvgIpc) is 2.85. The molecule has 1 aromatic heterocycles. The standard InChI is InChI=1S/C12H16N4O3S/c1-3-8-7-14-15-12(8)16-20(17,18)9-4-5-10(13)11(6-9)19-2/h4-7H,3,13H2,1-2H3,(H2,14,15,16). The Balaban J connectivity index is 2.36. The summed E-state index contributed by atoms with van der Waals surface area (Å²) in [6, 6.07) is 4.28. The molecule has 0 radical (unpaired) electrons. The smallest absolute Gasteiger partial charge is 0.263 e. The van der Waals surface area contributed by atoms with Crippen molar-refractivity contribution in [2.75, 3.05) is 17.6 Å². The number of nitrogens with one attached hydrogen (secondary N) is 2. The van der Waals surface area contributed by atoms with Crippen LogP contribution in [0.4, 0.5) is 11.5 Å². The van der Waals surface area contributed by atoms with Gasteiger partial charge in [-0.25, -0.2) is 8.42 Å². The fraction of sp³-hybridized carbons (Fsp3) is 0.250. The van der Waals surface area contributed by atoms with Crippen LogP contribution in [0.5, 0.6) is 5.75 Å². The lowest BCUT2D eigenvalue weighted by Crippen LogP contribution is -2.14. The number of ether oxygens (including phenoxy) is 1. The summed E-state index contributed by atoms with van der Waals surface area (Å²) in [5.74, 6) is 0.677. The minimum absolute atomic E-state index is 0.0696. The maximum Gasteiger partial charge on any atom is 0.263 e. The predicted molar refractivity (Wildman–Crippen MR) is 76.2 cm³/mol. The molecule has 8 heteroatoms. The molecule has 2 aromatic rings. The molecular weight excluding hydrogens is 280 g/mol. The van der Waals surface area contributed by atoms with E-state index in [2.05, 4.69) is 14.9 Å². The number of methoxy groups -OCH3 is 1. The molecule has 108 valence electrons. The molecule has 0 fully saturated rings. The first-order valence-corrected chi connectivity index (χ1v) is 7.44. The van der Waals surface area contributed by atoms with Gasteiger partial charge in [0.15, 0.2) is 0 Å². The lowest BCUT2D eigenvalue weighted by Gasteiger charge is -2.10. The fourth-order valence-corrected chi connectivity index (χ4v) is 2.79. The van der Waals surface area contributed by atoms with E-state index in [1.807, 2.05) is 6.92 Å². The maximum atomic E-state index is 12.3. The quantitative estimate of drug-likeness (QED) is 0.722. The number of hydrogen-bond acceptors (Lipinski definition) is 5. The van der Waals surface area contributed by atoms with Gasteiger partial charge in [-0.15, -0.1) is 0 Å². The summed E-state index contributed by atoms with van der Waals surface area (Å²) >= 11 is 0. The first-order valence-electron chi connectivity index (χ1n) is 5.96. The minimum atomic E-state index is -3.72. The van der Waals surface area contributed by atoms with Gasteiger partial charge in [0, 0.05) is 11.6 Å². The van der Waals surface area contributed by atoms with Crippen LogP contribution < -0.4 is 15.2 Å². The van der Waals surface area contributed by atoms with Crippen molar-refractivity contribution in [3.8, 4) is 5.75 Å². The molecule has 0 aliphatic heterocycles. The Morgan fingerprint density at radius 1 is 1.45 bits per heavy atom. The number of sulfonamides is 1. The van der Waals surface area contributed by atoms with Crippen LogP contribution in [0.25, 0.3) is 0 Å². The van der Waals surface area contributed by atoms with E-state index in [1.54, 1.807) is 6.20 Å². The molecule has 2 rings (SSSR count). The molecule has 0 unspecified atom stereocenters. The monoisotopic (exact) mass is 296 g/mol. The number of nitrogens with zero attached hydrogens (tertiary/aromatic N) is 1. The Labute approximate surface area is 117 Å². The van der Waals surface area contributed by atoms with Gasteiger partial charge in [-0.3, -0.25) is 9.82 Å². The topological polar surface area (TPSA) is 110 Å². The summed E-state index contributed by atoms with van der Waals surface area (Å²) in [6.07, 6.45) is 2.25. The van der Waals surface area contributed by atoms with Crippen LogP contribution in [0.15, 0.2) is 29.3 Å². The Morgan fingerprint density at radius 3 is 2.85 bits per heavy atom. The molecule has 0 spiro atoms. The van der Waals surface area contributed by atoms with Gasteiger partial charge in [0.05, 0.1) is 23.9 Å². The Bertz CT molecular complexity index is 709. The predicted octanol–water partition coefficient (Wildman–Crippen LogP) is 1.36. The Hall–Kier alpha value is -2.22. The number of aromatic nitrogens is 2. The molecule has 1 aromatic carbocycles. The zero-order valence-electron chi connectivity index (χ0n) is 11.2. The molecule has 0 saturated carbocycles. The highest BCUT2D eigenvalue weighted by molar-refractivity contribution is 7.92. The van der Waals surface area contributed by atoms with Crippen LogP contribution >= 0.6 is 0 Å². The van der Waals surface area contributed by atoms with E-state index in [4.69, 9.17) is 10.5 Å². The molecule has 0 amide bonds. The third-order valence-corrected chi connectivity index (χ3v) is 4.20. The van der Waals surface area contributed by atoms with E-state index in [0.29, 0.717) is 23.7 Å². The molecule has 0 saturated heterocycles. The van der Waals surface area contributed by atoms with Crippen molar-refractivity contribution < 1.29 is 13.2 Å². The summed E-state index contributed by atoms with van der Waals surface area (Å²) in [5.41, 5.74) is 6.83. The van der Waals surface area contributed by atoms with Crippen LogP contribution in [0.2, 0.25) is 0 Å². The van der Waals surface area contributed by atoms with Gasteiger partial charge in [0.1, 0.15) is 11.6 Å². The third-order valence-electron chi connectivity index (χ3n) is 2.85. The molecule has 20 heavy (non-hydrogen) atoms. The molecule has 1 heterocycles. The van der Waals surface area contributed by atoms with Gasteiger partial charge in [-0.05, 0) is 18.6 Å². The van der Waals surface area contributed by atoms with Gasteiger partial charge in [-0.2, -0.15) is 5.10 Å². The van der Waals surface area contributed by atoms with Crippen molar-refractivity contribution in [2.45, 2.75) is 18.2 Å². The van der Waals surface area contributed by atoms with Gasteiger partial charge < -0.3 is 10.5 Å². The van der Waals surface area contributed by atoms with Crippen LogP contribution in [0, 0.1) is 0 Å². The lowest BCUT2D eigenvalue weighted by molar-refractivity contribution is 0.415. The van der Waals surface area contributed by atoms with Crippen molar-refractivity contribution in [2.24, 2.45) is 0 Å². The second-order valence-electron chi connectivity index (χ2n) is 4.13. The molecule has 0 bridgehead atoms.